The first-order valence-corrected chi connectivity index (χ1v) is 10.5. The lowest BCUT2D eigenvalue weighted by atomic mass is 9.71. The molecule has 2 atom stereocenters. The lowest BCUT2D eigenvalue weighted by Crippen LogP contribution is -2.61. The summed E-state index contributed by atoms with van der Waals surface area (Å²) >= 11 is 0. The Morgan fingerprint density at radius 3 is 2.62 bits per heavy atom. The second kappa shape index (κ2) is 9.39. The third-order valence-electron chi connectivity index (χ3n) is 6.15. The zero-order valence-electron chi connectivity index (χ0n) is 17.0. The molecule has 0 unspecified atom stereocenters. The molecule has 4 heterocycles. The van der Waals surface area contributed by atoms with E-state index >= 15 is 0 Å². The predicted octanol–water partition coefficient (Wildman–Crippen LogP) is 0.807. The average molecular weight is 405 g/mol. The Bertz CT molecular complexity index is 725. The normalized spacial score (nSPS) is 26.7. The van der Waals surface area contributed by atoms with Crippen molar-refractivity contribution in [2.45, 2.75) is 51.6 Å². The minimum absolute atomic E-state index is 0.00881. The first kappa shape index (κ1) is 21.3. The largest absolute Gasteiger partial charge is 0.483 e. The molecular weight excluding hydrogens is 374 g/mol. The number of aryl methyl sites for hydroxylation is 1. The maximum atomic E-state index is 12.6. The molecule has 3 N–H and O–H groups in total. The van der Waals surface area contributed by atoms with Gasteiger partial charge in [-0.05, 0) is 38.5 Å². The van der Waals surface area contributed by atoms with Crippen LogP contribution in [0.5, 0.6) is 0 Å². The summed E-state index contributed by atoms with van der Waals surface area (Å²) in [7, 11) is 0. The molecule has 3 fully saturated rings. The zero-order valence-corrected chi connectivity index (χ0v) is 17.0. The standard InChI is InChI=1S/C19H29N5O2.CH2O2/c1-2-14-12-16(22-18(21-14)23-9-3-4-10-23)24-11-6-15(25)19(13-24)7-5-8-20-17(19)26;2-1-3/h12,15,25H,2-11,13H2,1H3,(H,20,26);1H,(H,2,3)/t15-,19+;/m0./s1. The second-order valence-electron chi connectivity index (χ2n) is 7.91. The first-order valence-electron chi connectivity index (χ1n) is 10.5. The smallest absolute Gasteiger partial charge is 0.290 e. The number of rotatable bonds is 3. The van der Waals surface area contributed by atoms with Gasteiger partial charge in [0.2, 0.25) is 11.9 Å². The van der Waals surface area contributed by atoms with Crippen LogP contribution in [0.25, 0.3) is 0 Å². The number of carbonyl (C=O) groups is 2. The third kappa shape index (κ3) is 4.44. The van der Waals surface area contributed by atoms with Crippen molar-refractivity contribution < 1.29 is 19.8 Å². The van der Waals surface area contributed by atoms with Gasteiger partial charge in [0.15, 0.2) is 0 Å². The number of carbonyl (C=O) groups excluding carboxylic acids is 1. The zero-order chi connectivity index (χ0) is 20.9. The van der Waals surface area contributed by atoms with Gasteiger partial charge in [-0.1, -0.05) is 6.92 Å². The Morgan fingerprint density at radius 1 is 1.24 bits per heavy atom. The van der Waals surface area contributed by atoms with Crippen molar-refractivity contribution in [1.29, 1.82) is 0 Å². The fourth-order valence-electron chi connectivity index (χ4n) is 4.51. The van der Waals surface area contributed by atoms with Crippen molar-refractivity contribution in [2.24, 2.45) is 5.41 Å². The molecule has 9 nitrogen and oxygen atoms in total. The summed E-state index contributed by atoms with van der Waals surface area (Å²) in [6, 6.07) is 2.05. The van der Waals surface area contributed by atoms with Gasteiger partial charge < -0.3 is 25.3 Å². The SMILES string of the molecule is CCc1cc(N2CC[C@H](O)[C@@]3(CCCNC3=O)C2)nc(N2CCCC2)n1.O=CO. The van der Waals surface area contributed by atoms with Gasteiger partial charge in [0.1, 0.15) is 5.82 Å². The summed E-state index contributed by atoms with van der Waals surface area (Å²) in [6.07, 6.45) is 4.91. The van der Waals surface area contributed by atoms with Crippen LogP contribution in [0.1, 0.15) is 44.7 Å². The van der Waals surface area contributed by atoms with Crippen LogP contribution >= 0.6 is 0 Å². The fraction of sp³-hybridized carbons (Fsp3) is 0.700. The van der Waals surface area contributed by atoms with Crippen LogP contribution < -0.4 is 15.1 Å². The first-order chi connectivity index (χ1) is 14.0. The summed E-state index contributed by atoms with van der Waals surface area (Å²) in [5.74, 6) is 1.69. The monoisotopic (exact) mass is 405 g/mol. The van der Waals surface area contributed by atoms with Crippen molar-refractivity contribution in [1.82, 2.24) is 15.3 Å². The summed E-state index contributed by atoms with van der Waals surface area (Å²) in [5, 5.41) is 20.5. The summed E-state index contributed by atoms with van der Waals surface area (Å²) in [5.41, 5.74) is 0.326. The highest BCUT2D eigenvalue weighted by atomic mass is 16.3. The molecule has 1 amide bonds. The molecule has 0 bridgehead atoms. The van der Waals surface area contributed by atoms with Gasteiger partial charge in [-0.2, -0.15) is 4.98 Å². The Labute approximate surface area is 171 Å². The van der Waals surface area contributed by atoms with E-state index in [9.17, 15) is 9.90 Å². The molecule has 0 aromatic carbocycles. The van der Waals surface area contributed by atoms with Gasteiger partial charge in [-0.15, -0.1) is 0 Å². The fourth-order valence-corrected chi connectivity index (χ4v) is 4.51. The van der Waals surface area contributed by atoms with Crippen molar-refractivity contribution in [3.8, 4) is 0 Å². The number of hydrogen-bond donors (Lipinski definition) is 3. The van der Waals surface area contributed by atoms with E-state index in [-0.39, 0.29) is 12.4 Å². The maximum absolute atomic E-state index is 12.6. The van der Waals surface area contributed by atoms with E-state index in [2.05, 4.69) is 22.0 Å². The topological polar surface area (TPSA) is 119 Å². The molecular formula is C20H31N5O4. The molecule has 9 heteroatoms. The minimum atomic E-state index is -0.707. The molecule has 3 aliphatic heterocycles. The second-order valence-corrected chi connectivity index (χ2v) is 7.91. The van der Waals surface area contributed by atoms with Gasteiger partial charge in [0, 0.05) is 44.5 Å². The number of anilines is 2. The van der Waals surface area contributed by atoms with Crippen LogP contribution in [0.2, 0.25) is 0 Å². The molecule has 1 aromatic heterocycles. The lowest BCUT2D eigenvalue weighted by molar-refractivity contribution is -0.142. The number of aliphatic hydroxyl groups is 1. The van der Waals surface area contributed by atoms with Crippen LogP contribution in [0.15, 0.2) is 6.07 Å². The molecule has 3 saturated heterocycles. The van der Waals surface area contributed by atoms with E-state index < -0.39 is 11.5 Å². The number of amides is 1. The molecule has 0 radical (unpaired) electrons. The Kier molecular flexibility index (Phi) is 6.89. The highest BCUT2D eigenvalue weighted by molar-refractivity contribution is 5.85. The Morgan fingerprint density at radius 2 is 1.97 bits per heavy atom. The van der Waals surface area contributed by atoms with Crippen LogP contribution in [0.3, 0.4) is 0 Å². The minimum Gasteiger partial charge on any atom is -0.483 e. The quantitative estimate of drug-likeness (QED) is 0.632. The van der Waals surface area contributed by atoms with Gasteiger partial charge in [-0.25, -0.2) is 4.98 Å². The molecule has 160 valence electrons. The van der Waals surface area contributed by atoms with Crippen LogP contribution in [-0.2, 0) is 16.0 Å². The van der Waals surface area contributed by atoms with Gasteiger partial charge >= 0.3 is 0 Å². The predicted molar refractivity (Wildman–Crippen MR) is 109 cm³/mol. The Hall–Kier alpha value is -2.42. The highest BCUT2D eigenvalue weighted by Gasteiger charge is 2.50. The average Bonchev–Trinajstić information content (AvgIpc) is 3.27. The van der Waals surface area contributed by atoms with Crippen molar-refractivity contribution >= 4 is 24.1 Å². The number of nitrogens with one attached hydrogen (secondary N) is 1. The number of aromatic nitrogens is 2. The maximum Gasteiger partial charge on any atom is 0.290 e. The highest BCUT2D eigenvalue weighted by Crippen LogP contribution is 2.38. The van der Waals surface area contributed by atoms with E-state index in [1.54, 1.807) is 0 Å². The third-order valence-corrected chi connectivity index (χ3v) is 6.15. The van der Waals surface area contributed by atoms with E-state index in [0.717, 1.165) is 56.4 Å². The van der Waals surface area contributed by atoms with Crippen molar-refractivity contribution in [2.75, 3.05) is 42.5 Å². The van der Waals surface area contributed by atoms with Crippen LogP contribution in [-0.4, -0.2) is 71.4 Å². The van der Waals surface area contributed by atoms with E-state index in [1.807, 2.05) is 6.07 Å². The van der Waals surface area contributed by atoms with E-state index in [1.165, 1.54) is 12.8 Å². The Balaban J connectivity index is 0.000000755. The van der Waals surface area contributed by atoms with Gasteiger partial charge in [0.25, 0.3) is 6.47 Å². The summed E-state index contributed by atoms with van der Waals surface area (Å²) in [4.78, 5) is 35.0. The number of piperidine rings is 2. The molecule has 4 rings (SSSR count). The number of nitrogens with zero attached hydrogens (tertiary/aromatic N) is 4. The number of aliphatic hydroxyl groups excluding tert-OH is 1. The molecule has 0 saturated carbocycles. The molecule has 0 aliphatic carbocycles. The molecule has 3 aliphatic rings. The molecule has 1 aromatic rings. The van der Waals surface area contributed by atoms with Crippen LogP contribution in [0, 0.1) is 5.41 Å². The van der Waals surface area contributed by atoms with Crippen molar-refractivity contribution in [3.63, 3.8) is 0 Å². The summed E-state index contributed by atoms with van der Waals surface area (Å²) < 4.78 is 0. The van der Waals surface area contributed by atoms with E-state index in [0.29, 0.717) is 19.5 Å². The molecule has 29 heavy (non-hydrogen) atoms. The number of hydrogen-bond acceptors (Lipinski definition) is 7. The van der Waals surface area contributed by atoms with Crippen LogP contribution in [0.4, 0.5) is 11.8 Å². The van der Waals surface area contributed by atoms with Gasteiger partial charge in [0.05, 0.1) is 11.5 Å². The van der Waals surface area contributed by atoms with Crippen molar-refractivity contribution in [3.05, 3.63) is 11.8 Å². The lowest BCUT2D eigenvalue weighted by Gasteiger charge is -2.47. The molecule has 1 spiro atoms. The number of carboxylic acid groups (broad SMARTS) is 1. The summed E-state index contributed by atoms with van der Waals surface area (Å²) in [6.45, 7) is 5.83. The van der Waals surface area contributed by atoms with Gasteiger partial charge in [-0.3, -0.25) is 9.59 Å². The van der Waals surface area contributed by atoms with E-state index in [4.69, 9.17) is 19.9 Å².